The molecule has 0 aromatic carbocycles. The van der Waals surface area contributed by atoms with Crippen LogP contribution in [0, 0.1) is 11.3 Å². The topological polar surface area (TPSA) is 64.9 Å². The minimum Gasteiger partial charge on any atom is -0.338 e. The van der Waals surface area contributed by atoms with Gasteiger partial charge in [-0.25, -0.2) is 4.79 Å². The standard InChI is InChI=1S/C8H15N3O/c1-4-8(3,6-9)11-7(12)10-5-2/h4-5H2,1-3H3,(H2,10,11,12). The van der Waals surface area contributed by atoms with Gasteiger partial charge in [0.25, 0.3) is 0 Å². The van der Waals surface area contributed by atoms with E-state index in [0.29, 0.717) is 13.0 Å². The molecule has 12 heavy (non-hydrogen) atoms. The molecule has 0 aromatic heterocycles. The highest BCUT2D eigenvalue weighted by molar-refractivity contribution is 5.75. The minimum absolute atomic E-state index is 0.289. The molecule has 0 saturated carbocycles. The summed E-state index contributed by atoms with van der Waals surface area (Å²) in [6, 6.07) is 1.76. The third-order valence-electron chi connectivity index (χ3n) is 1.68. The predicted octanol–water partition coefficient (Wildman–Crippen LogP) is 0.998. The first-order valence-corrected chi connectivity index (χ1v) is 4.05. The smallest absolute Gasteiger partial charge is 0.316 e. The van der Waals surface area contributed by atoms with Gasteiger partial charge < -0.3 is 10.6 Å². The van der Waals surface area contributed by atoms with Gasteiger partial charge in [-0.15, -0.1) is 0 Å². The third-order valence-corrected chi connectivity index (χ3v) is 1.68. The van der Waals surface area contributed by atoms with Gasteiger partial charge in [-0.05, 0) is 20.3 Å². The molecule has 0 radical (unpaired) electrons. The number of carbonyl (C=O) groups excluding carboxylic acids is 1. The lowest BCUT2D eigenvalue weighted by atomic mass is 10.0. The van der Waals surface area contributed by atoms with Gasteiger partial charge in [0.15, 0.2) is 0 Å². The lowest BCUT2D eigenvalue weighted by Gasteiger charge is -2.20. The summed E-state index contributed by atoms with van der Waals surface area (Å²) in [4.78, 5) is 11.0. The van der Waals surface area contributed by atoms with Crippen molar-refractivity contribution >= 4 is 6.03 Å². The second kappa shape index (κ2) is 4.60. The highest BCUT2D eigenvalue weighted by Crippen LogP contribution is 2.05. The maximum absolute atomic E-state index is 11.0. The Bertz CT molecular complexity index is 197. The molecule has 4 heteroatoms. The van der Waals surface area contributed by atoms with Crippen molar-refractivity contribution in [1.82, 2.24) is 10.6 Å². The van der Waals surface area contributed by atoms with E-state index in [4.69, 9.17) is 5.26 Å². The Balaban J connectivity index is 4.05. The van der Waals surface area contributed by atoms with Gasteiger partial charge >= 0.3 is 6.03 Å². The molecule has 0 spiro atoms. The molecule has 68 valence electrons. The fourth-order valence-corrected chi connectivity index (χ4v) is 0.651. The maximum atomic E-state index is 11.0. The molecule has 0 bridgehead atoms. The van der Waals surface area contributed by atoms with Gasteiger partial charge in [0.2, 0.25) is 0 Å². The van der Waals surface area contributed by atoms with Crippen molar-refractivity contribution in [1.29, 1.82) is 5.26 Å². The second-order valence-corrected chi connectivity index (χ2v) is 2.78. The molecule has 4 nitrogen and oxygen atoms in total. The highest BCUT2D eigenvalue weighted by Gasteiger charge is 2.22. The average molecular weight is 169 g/mol. The number of carbonyl (C=O) groups is 1. The van der Waals surface area contributed by atoms with Gasteiger partial charge in [-0.1, -0.05) is 6.92 Å². The van der Waals surface area contributed by atoms with Crippen LogP contribution in [0.2, 0.25) is 0 Å². The molecule has 0 aromatic rings. The van der Waals surface area contributed by atoms with E-state index in [1.807, 2.05) is 19.9 Å². The Morgan fingerprint density at radius 3 is 2.50 bits per heavy atom. The number of hydrogen-bond acceptors (Lipinski definition) is 2. The normalized spacial score (nSPS) is 14.2. The number of rotatable bonds is 3. The van der Waals surface area contributed by atoms with Crippen molar-refractivity contribution in [2.45, 2.75) is 32.7 Å². The first kappa shape index (κ1) is 10.8. The van der Waals surface area contributed by atoms with E-state index in [1.54, 1.807) is 6.92 Å². The summed E-state index contributed by atoms with van der Waals surface area (Å²) in [7, 11) is 0. The van der Waals surface area contributed by atoms with Crippen LogP contribution in [0.25, 0.3) is 0 Å². The number of nitriles is 1. The van der Waals surface area contributed by atoms with Crippen LogP contribution in [0.4, 0.5) is 4.79 Å². The highest BCUT2D eigenvalue weighted by atomic mass is 16.2. The van der Waals surface area contributed by atoms with E-state index < -0.39 is 5.54 Å². The fourth-order valence-electron chi connectivity index (χ4n) is 0.651. The Kier molecular flexibility index (Phi) is 4.12. The van der Waals surface area contributed by atoms with Crippen molar-refractivity contribution in [3.05, 3.63) is 0 Å². The number of nitrogens with zero attached hydrogens (tertiary/aromatic N) is 1. The SMILES string of the molecule is CCNC(=O)NC(C)(C#N)CC. The molecule has 2 N–H and O–H groups in total. The largest absolute Gasteiger partial charge is 0.338 e. The average Bonchev–Trinajstić information content (AvgIpc) is 2.05. The Hall–Kier alpha value is -1.24. The van der Waals surface area contributed by atoms with Crippen LogP contribution in [0.15, 0.2) is 0 Å². The van der Waals surface area contributed by atoms with Crippen LogP contribution in [0.3, 0.4) is 0 Å². The first-order chi connectivity index (χ1) is 5.58. The molecular weight excluding hydrogens is 154 g/mol. The summed E-state index contributed by atoms with van der Waals surface area (Å²) < 4.78 is 0. The van der Waals surface area contributed by atoms with Crippen molar-refractivity contribution in [2.24, 2.45) is 0 Å². The summed E-state index contributed by atoms with van der Waals surface area (Å²) in [5.74, 6) is 0. The molecule has 2 amide bonds. The molecule has 1 atom stereocenters. The second-order valence-electron chi connectivity index (χ2n) is 2.78. The fraction of sp³-hybridized carbons (Fsp3) is 0.750. The molecule has 1 unspecified atom stereocenters. The molecular formula is C8H15N3O. The van der Waals surface area contributed by atoms with Gasteiger partial charge in [0.1, 0.15) is 5.54 Å². The third kappa shape index (κ3) is 3.24. The van der Waals surface area contributed by atoms with Gasteiger partial charge in [-0.2, -0.15) is 5.26 Å². The summed E-state index contributed by atoms with van der Waals surface area (Å²) in [6.45, 7) is 5.95. The molecule has 0 fully saturated rings. The first-order valence-electron chi connectivity index (χ1n) is 4.05. The molecule has 0 heterocycles. The van der Waals surface area contributed by atoms with Gasteiger partial charge in [-0.3, -0.25) is 0 Å². The molecule has 0 aliphatic heterocycles. The summed E-state index contributed by atoms with van der Waals surface area (Å²) in [6.07, 6.45) is 0.598. The molecule has 0 aliphatic carbocycles. The summed E-state index contributed by atoms with van der Waals surface area (Å²) in [5, 5.41) is 13.9. The van der Waals surface area contributed by atoms with Crippen LogP contribution < -0.4 is 10.6 Å². The zero-order chi connectivity index (χ0) is 9.61. The van der Waals surface area contributed by atoms with Crippen LogP contribution in [0.1, 0.15) is 27.2 Å². The number of amides is 2. The quantitative estimate of drug-likeness (QED) is 0.662. The minimum atomic E-state index is -0.751. The van der Waals surface area contributed by atoms with E-state index in [-0.39, 0.29) is 6.03 Å². The number of hydrogen-bond donors (Lipinski definition) is 2. The Morgan fingerprint density at radius 1 is 1.58 bits per heavy atom. The van der Waals surface area contributed by atoms with Crippen LogP contribution in [-0.2, 0) is 0 Å². The molecule has 0 rings (SSSR count). The molecule has 0 aliphatic rings. The van der Waals surface area contributed by atoms with Crippen molar-refractivity contribution in [2.75, 3.05) is 6.54 Å². The van der Waals surface area contributed by atoms with Gasteiger partial charge in [0.05, 0.1) is 6.07 Å². The maximum Gasteiger partial charge on any atom is 0.316 e. The van der Waals surface area contributed by atoms with E-state index in [1.165, 1.54) is 0 Å². The van der Waals surface area contributed by atoms with E-state index in [0.717, 1.165) is 0 Å². The number of urea groups is 1. The number of nitrogens with one attached hydrogen (secondary N) is 2. The van der Waals surface area contributed by atoms with E-state index in [9.17, 15) is 4.79 Å². The predicted molar refractivity (Wildman–Crippen MR) is 46.5 cm³/mol. The van der Waals surface area contributed by atoms with Crippen LogP contribution in [-0.4, -0.2) is 18.1 Å². The van der Waals surface area contributed by atoms with E-state index in [2.05, 4.69) is 10.6 Å². The monoisotopic (exact) mass is 169 g/mol. The summed E-state index contributed by atoms with van der Waals surface area (Å²) >= 11 is 0. The molecule has 0 saturated heterocycles. The van der Waals surface area contributed by atoms with Crippen LogP contribution >= 0.6 is 0 Å². The van der Waals surface area contributed by atoms with Crippen molar-refractivity contribution < 1.29 is 4.79 Å². The lowest BCUT2D eigenvalue weighted by molar-refractivity contribution is 0.233. The van der Waals surface area contributed by atoms with Crippen molar-refractivity contribution in [3.63, 3.8) is 0 Å². The Labute approximate surface area is 72.9 Å². The zero-order valence-corrected chi connectivity index (χ0v) is 7.77. The Morgan fingerprint density at radius 2 is 2.17 bits per heavy atom. The van der Waals surface area contributed by atoms with Crippen LogP contribution in [0.5, 0.6) is 0 Å². The zero-order valence-electron chi connectivity index (χ0n) is 7.77. The van der Waals surface area contributed by atoms with E-state index >= 15 is 0 Å². The van der Waals surface area contributed by atoms with Gasteiger partial charge in [0, 0.05) is 6.54 Å². The lowest BCUT2D eigenvalue weighted by Crippen LogP contribution is -2.48. The summed E-state index contributed by atoms with van der Waals surface area (Å²) in [5.41, 5.74) is -0.751. The van der Waals surface area contributed by atoms with Crippen molar-refractivity contribution in [3.8, 4) is 6.07 Å².